The van der Waals surface area contributed by atoms with Gasteiger partial charge in [0.2, 0.25) is 12.1 Å². The normalized spacial score (nSPS) is 27.4. The second-order valence-corrected chi connectivity index (χ2v) is 5.20. The van der Waals surface area contributed by atoms with E-state index in [9.17, 15) is 20.0 Å². The van der Waals surface area contributed by atoms with Crippen LogP contribution in [0.2, 0.25) is 0 Å². The zero-order valence-corrected chi connectivity index (χ0v) is 12.4. The molecule has 0 atom stereocenters. The third-order valence-electron chi connectivity index (χ3n) is 3.30. The minimum absolute atomic E-state index is 0.170. The summed E-state index contributed by atoms with van der Waals surface area (Å²) in [5.41, 5.74) is 0. The standard InChI is InChI=1S/C12H18N4O6/c1-3-4-5-6-9(18)12(21-11(2,7-17)22-12)15-8-13-10(14-15)16(19)20/h8,17H,3-7H2,1-2H3. The maximum atomic E-state index is 12.4. The van der Waals surface area contributed by atoms with Crippen LogP contribution in [0.1, 0.15) is 39.5 Å². The molecule has 0 saturated carbocycles. The molecule has 1 saturated heterocycles. The topological polar surface area (TPSA) is 130 Å². The molecular formula is C12H18N4O6. The number of carbonyl (C=O) groups is 1. The third kappa shape index (κ3) is 2.85. The molecule has 0 bridgehead atoms. The first-order valence-corrected chi connectivity index (χ1v) is 6.98. The van der Waals surface area contributed by atoms with Crippen molar-refractivity contribution in [1.29, 1.82) is 0 Å². The van der Waals surface area contributed by atoms with Crippen LogP contribution in [-0.4, -0.2) is 43.0 Å². The number of ether oxygens (including phenoxy) is 2. The number of hydrogen-bond acceptors (Lipinski definition) is 8. The Balaban J connectivity index is 2.23. The summed E-state index contributed by atoms with van der Waals surface area (Å²) in [5, 5.41) is 23.5. The van der Waals surface area contributed by atoms with Gasteiger partial charge >= 0.3 is 11.9 Å². The average molecular weight is 314 g/mol. The van der Waals surface area contributed by atoms with E-state index < -0.39 is 35.0 Å². The first-order chi connectivity index (χ1) is 10.4. The molecule has 1 N–H and O–H groups in total. The van der Waals surface area contributed by atoms with E-state index in [1.807, 2.05) is 6.92 Å². The number of carbonyl (C=O) groups excluding carboxylic acids is 1. The molecule has 122 valence electrons. The lowest BCUT2D eigenvalue weighted by Crippen LogP contribution is -2.67. The van der Waals surface area contributed by atoms with Crippen molar-refractivity contribution >= 4 is 11.7 Å². The fourth-order valence-electron chi connectivity index (χ4n) is 2.17. The highest BCUT2D eigenvalue weighted by Gasteiger charge is 2.63. The Morgan fingerprint density at radius 2 is 2.18 bits per heavy atom. The number of aromatic nitrogens is 3. The van der Waals surface area contributed by atoms with Crippen molar-refractivity contribution in [2.45, 2.75) is 51.2 Å². The molecule has 0 spiro atoms. The van der Waals surface area contributed by atoms with Crippen LogP contribution >= 0.6 is 0 Å². The van der Waals surface area contributed by atoms with Crippen LogP contribution < -0.4 is 0 Å². The SMILES string of the molecule is CCCCCC(=O)C1(n2cnc([N+](=O)[O-])n2)OC(C)(CO)O1. The fraction of sp³-hybridized carbons (Fsp3) is 0.750. The molecule has 1 aromatic rings. The molecule has 0 aliphatic carbocycles. The van der Waals surface area contributed by atoms with Crippen molar-refractivity contribution in [3.63, 3.8) is 0 Å². The van der Waals surface area contributed by atoms with Crippen LogP contribution in [0.5, 0.6) is 0 Å². The van der Waals surface area contributed by atoms with Gasteiger partial charge in [0, 0.05) is 11.5 Å². The molecule has 10 nitrogen and oxygen atoms in total. The number of nitrogens with zero attached hydrogens (tertiary/aromatic N) is 4. The number of rotatable bonds is 8. The average Bonchev–Trinajstić information content (AvgIpc) is 2.94. The van der Waals surface area contributed by atoms with Gasteiger partial charge in [0.15, 0.2) is 5.79 Å². The minimum atomic E-state index is -1.90. The van der Waals surface area contributed by atoms with Crippen molar-refractivity contribution in [3.8, 4) is 0 Å². The number of ketones is 1. The van der Waals surface area contributed by atoms with E-state index in [-0.39, 0.29) is 6.42 Å². The summed E-state index contributed by atoms with van der Waals surface area (Å²) >= 11 is 0. The predicted octanol–water partition coefficient (Wildman–Crippen LogP) is 0.701. The lowest BCUT2D eigenvalue weighted by molar-refractivity contribution is -0.526. The third-order valence-corrected chi connectivity index (χ3v) is 3.30. The van der Waals surface area contributed by atoms with E-state index in [2.05, 4.69) is 10.1 Å². The van der Waals surface area contributed by atoms with E-state index in [0.717, 1.165) is 23.9 Å². The van der Waals surface area contributed by atoms with E-state index in [1.165, 1.54) is 6.92 Å². The van der Waals surface area contributed by atoms with Crippen LogP contribution in [0, 0.1) is 10.1 Å². The number of nitro groups is 1. The van der Waals surface area contributed by atoms with Gasteiger partial charge in [-0.3, -0.25) is 14.3 Å². The first kappa shape index (κ1) is 16.5. The molecule has 1 aliphatic heterocycles. The van der Waals surface area contributed by atoms with Crippen molar-refractivity contribution < 1.29 is 24.3 Å². The van der Waals surface area contributed by atoms with Gasteiger partial charge in [0.25, 0.3) is 0 Å². The van der Waals surface area contributed by atoms with Gasteiger partial charge in [-0.1, -0.05) is 24.7 Å². The lowest BCUT2D eigenvalue weighted by Gasteiger charge is -2.49. The van der Waals surface area contributed by atoms with Crippen LogP contribution in [-0.2, 0) is 20.2 Å². The number of unbranched alkanes of at least 4 members (excludes halogenated alkanes) is 2. The van der Waals surface area contributed by atoms with E-state index >= 15 is 0 Å². The highest BCUT2D eigenvalue weighted by molar-refractivity contribution is 5.84. The van der Waals surface area contributed by atoms with Gasteiger partial charge in [-0.05, 0) is 18.3 Å². The molecule has 0 radical (unpaired) electrons. The Kier molecular flexibility index (Phi) is 4.54. The molecule has 0 amide bonds. The van der Waals surface area contributed by atoms with Gasteiger partial charge in [-0.15, -0.1) is 4.68 Å². The van der Waals surface area contributed by atoms with Gasteiger partial charge in [-0.2, -0.15) is 0 Å². The summed E-state index contributed by atoms with van der Waals surface area (Å²) in [4.78, 5) is 25.8. The molecule has 2 heterocycles. The Hall–Kier alpha value is -1.91. The Bertz CT molecular complexity index is 566. The van der Waals surface area contributed by atoms with Crippen molar-refractivity contribution in [2.75, 3.05) is 6.61 Å². The van der Waals surface area contributed by atoms with Crippen LogP contribution in [0.4, 0.5) is 5.95 Å². The van der Waals surface area contributed by atoms with E-state index in [4.69, 9.17) is 9.47 Å². The molecule has 1 aliphatic rings. The summed E-state index contributed by atoms with van der Waals surface area (Å²) in [6.07, 6.45) is 3.61. The molecule has 22 heavy (non-hydrogen) atoms. The van der Waals surface area contributed by atoms with Crippen LogP contribution in [0.15, 0.2) is 6.33 Å². The van der Waals surface area contributed by atoms with Crippen molar-refractivity contribution in [3.05, 3.63) is 16.4 Å². The number of aliphatic hydroxyl groups excluding tert-OH is 1. The Morgan fingerprint density at radius 3 is 2.68 bits per heavy atom. The van der Waals surface area contributed by atoms with E-state index in [0.29, 0.717) is 6.42 Å². The molecular weight excluding hydrogens is 296 g/mol. The van der Waals surface area contributed by atoms with Gasteiger partial charge < -0.3 is 15.2 Å². The summed E-state index contributed by atoms with van der Waals surface area (Å²) in [6.45, 7) is 2.99. The molecule has 1 aromatic heterocycles. The summed E-state index contributed by atoms with van der Waals surface area (Å²) in [6, 6.07) is 0. The summed E-state index contributed by atoms with van der Waals surface area (Å²) in [5.74, 6) is -4.33. The fourth-order valence-corrected chi connectivity index (χ4v) is 2.17. The second-order valence-electron chi connectivity index (χ2n) is 5.20. The summed E-state index contributed by atoms with van der Waals surface area (Å²) in [7, 11) is 0. The largest absolute Gasteiger partial charge is 0.491 e. The Morgan fingerprint density at radius 1 is 1.50 bits per heavy atom. The minimum Gasteiger partial charge on any atom is -0.391 e. The highest BCUT2D eigenvalue weighted by atomic mass is 16.9. The highest BCUT2D eigenvalue weighted by Crippen LogP contribution is 2.43. The molecule has 0 unspecified atom stereocenters. The molecule has 2 rings (SSSR count). The van der Waals surface area contributed by atoms with Gasteiger partial charge in [0.1, 0.15) is 0 Å². The smallest absolute Gasteiger partial charge is 0.391 e. The van der Waals surface area contributed by atoms with Crippen LogP contribution in [0.3, 0.4) is 0 Å². The van der Waals surface area contributed by atoms with Crippen molar-refractivity contribution in [1.82, 2.24) is 14.8 Å². The predicted molar refractivity (Wildman–Crippen MR) is 71.5 cm³/mol. The monoisotopic (exact) mass is 314 g/mol. The van der Waals surface area contributed by atoms with Gasteiger partial charge in [-0.25, -0.2) is 0 Å². The molecule has 10 heteroatoms. The quantitative estimate of drug-likeness (QED) is 0.421. The Labute approximate surface area is 126 Å². The van der Waals surface area contributed by atoms with Crippen LogP contribution in [0.25, 0.3) is 0 Å². The number of hydrogen-bond donors (Lipinski definition) is 1. The maximum Gasteiger partial charge on any atom is 0.491 e. The second kappa shape index (κ2) is 6.07. The zero-order chi connectivity index (χ0) is 16.4. The van der Waals surface area contributed by atoms with Crippen molar-refractivity contribution in [2.24, 2.45) is 0 Å². The zero-order valence-electron chi connectivity index (χ0n) is 12.4. The number of Topliss-reactive ketones (excluding diaryl/α,β-unsaturated/α-hetero) is 1. The first-order valence-electron chi connectivity index (χ1n) is 6.98. The van der Waals surface area contributed by atoms with Gasteiger partial charge in [0.05, 0.1) is 6.61 Å². The molecule has 1 fully saturated rings. The maximum absolute atomic E-state index is 12.4. The molecule has 0 aromatic carbocycles. The summed E-state index contributed by atoms with van der Waals surface area (Å²) < 4.78 is 11.8. The number of aliphatic hydroxyl groups is 1. The van der Waals surface area contributed by atoms with E-state index in [1.54, 1.807) is 0 Å². The lowest BCUT2D eigenvalue weighted by atomic mass is 10.1.